The van der Waals surface area contributed by atoms with Crippen LogP contribution < -0.4 is 0 Å². The van der Waals surface area contributed by atoms with Crippen LogP contribution in [0.2, 0.25) is 4.34 Å². The van der Waals surface area contributed by atoms with Crippen molar-refractivity contribution < 1.29 is 27.8 Å². The first kappa shape index (κ1) is 18.0. The van der Waals surface area contributed by atoms with Crippen LogP contribution in [0.5, 0.6) is 0 Å². The second kappa shape index (κ2) is 5.86. The third kappa shape index (κ3) is 2.83. The molecule has 2 aliphatic rings. The molecule has 0 aliphatic carbocycles. The molecule has 134 valence electrons. The topological polar surface area (TPSA) is 49.8 Å². The van der Waals surface area contributed by atoms with E-state index in [0.717, 1.165) is 9.78 Å². The van der Waals surface area contributed by atoms with Gasteiger partial charge in [-0.3, -0.25) is 4.79 Å². The number of hydrogen-bond donors (Lipinski definition) is 1. The SMILES string of the molecule is C[C@@H]1C[C@]2(C[C@H](C)N1C(=O)C(F)(F)F)OC[C@@H](O)c1cc(Cl)sc12. The molecule has 1 fully saturated rings. The van der Waals surface area contributed by atoms with Crippen molar-refractivity contribution in [3.63, 3.8) is 0 Å². The van der Waals surface area contributed by atoms with E-state index in [1.54, 1.807) is 19.9 Å². The smallest absolute Gasteiger partial charge is 0.386 e. The number of ether oxygens (including phenoxy) is 1. The number of hydrogen-bond acceptors (Lipinski definition) is 4. The fourth-order valence-electron chi connectivity index (χ4n) is 3.89. The van der Waals surface area contributed by atoms with Gasteiger partial charge in [0, 0.05) is 35.4 Å². The number of amides is 1. The minimum Gasteiger partial charge on any atom is -0.386 e. The molecule has 1 N–H and O–H groups in total. The quantitative estimate of drug-likeness (QED) is 0.744. The molecule has 24 heavy (non-hydrogen) atoms. The van der Waals surface area contributed by atoms with Gasteiger partial charge in [-0.25, -0.2) is 0 Å². The number of halogens is 4. The van der Waals surface area contributed by atoms with Gasteiger partial charge in [-0.15, -0.1) is 11.3 Å². The second-order valence-electron chi connectivity index (χ2n) is 6.47. The zero-order valence-corrected chi connectivity index (χ0v) is 14.6. The molecule has 0 radical (unpaired) electrons. The average molecular weight is 384 g/mol. The second-order valence-corrected chi connectivity index (χ2v) is 8.16. The fraction of sp³-hybridized carbons (Fsp3) is 0.667. The van der Waals surface area contributed by atoms with Gasteiger partial charge in [0.05, 0.1) is 10.9 Å². The maximum Gasteiger partial charge on any atom is 0.471 e. The van der Waals surface area contributed by atoms with Gasteiger partial charge in [-0.2, -0.15) is 13.2 Å². The van der Waals surface area contributed by atoms with Gasteiger partial charge in [-0.1, -0.05) is 11.6 Å². The lowest BCUT2D eigenvalue weighted by Gasteiger charge is -2.50. The van der Waals surface area contributed by atoms with Crippen LogP contribution in [-0.4, -0.2) is 40.8 Å². The van der Waals surface area contributed by atoms with Crippen LogP contribution in [0.4, 0.5) is 13.2 Å². The summed E-state index contributed by atoms with van der Waals surface area (Å²) in [6.45, 7) is 3.24. The Morgan fingerprint density at radius 2 is 2.00 bits per heavy atom. The number of alkyl halides is 3. The summed E-state index contributed by atoms with van der Waals surface area (Å²) in [6, 6.07) is 0.387. The Hall–Kier alpha value is -0.830. The van der Waals surface area contributed by atoms with Gasteiger partial charge in [-0.05, 0) is 19.9 Å². The molecule has 2 aliphatic heterocycles. The lowest BCUT2D eigenvalue weighted by Crippen LogP contribution is -2.59. The number of aliphatic hydroxyl groups is 1. The number of nitrogens with zero attached hydrogens (tertiary/aromatic N) is 1. The van der Waals surface area contributed by atoms with Crippen molar-refractivity contribution in [2.45, 2.75) is 56.7 Å². The Balaban J connectivity index is 1.94. The first-order valence-corrected chi connectivity index (χ1v) is 8.76. The van der Waals surface area contributed by atoms with Crippen LogP contribution in [-0.2, 0) is 15.1 Å². The first-order valence-electron chi connectivity index (χ1n) is 7.56. The molecule has 0 unspecified atom stereocenters. The number of piperidine rings is 1. The molecule has 0 saturated carbocycles. The Bertz CT molecular complexity index is 651. The summed E-state index contributed by atoms with van der Waals surface area (Å²) in [5.74, 6) is -1.82. The van der Waals surface area contributed by atoms with Crippen molar-refractivity contribution in [3.05, 3.63) is 20.8 Å². The molecule has 0 aromatic carbocycles. The summed E-state index contributed by atoms with van der Waals surface area (Å²) in [7, 11) is 0. The van der Waals surface area contributed by atoms with Crippen LogP contribution >= 0.6 is 22.9 Å². The zero-order valence-electron chi connectivity index (χ0n) is 13.1. The van der Waals surface area contributed by atoms with Crippen molar-refractivity contribution >= 4 is 28.8 Å². The summed E-state index contributed by atoms with van der Waals surface area (Å²) in [5.41, 5.74) is -0.139. The van der Waals surface area contributed by atoms with E-state index in [9.17, 15) is 23.1 Å². The van der Waals surface area contributed by atoms with Gasteiger partial charge in [0.25, 0.3) is 0 Å². The van der Waals surface area contributed by atoms with E-state index in [1.165, 1.54) is 11.3 Å². The molecular formula is C15H17ClF3NO3S. The largest absolute Gasteiger partial charge is 0.471 e. The number of rotatable bonds is 0. The highest BCUT2D eigenvalue weighted by Gasteiger charge is 2.54. The third-order valence-electron chi connectivity index (χ3n) is 4.70. The number of likely N-dealkylation sites (tertiary alicyclic amines) is 1. The lowest BCUT2D eigenvalue weighted by atomic mass is 9.78. The predicted octanol–water partition coefficient (Wildman–Crippen LogP) is 3.62. The summed E-state index contributed by atoms with van der Waals surface area (Å²) in [6.07, 6.45) is -5.23. The van der Waals surface area contributed by atoms with Gasteiger partial charge < -0.3 is 14.7 Å². The molecule has 1 aromatic rings. The maximum atomic E-state index is 12.8. The lowest BCUT2D eigenvalue weighted by molar-refractivity contribution is -0.202. The number of carbonyl (C=O) groups is 1. The van der Waals surface area contributed by atoms with Crippen LogP contribution in [0.15, 0.2) is 6.07 Å². The first-order chi connectivity index (χ1) is 11.0. The molecule has 3 rings (SSSR count). The standard InChI is InChI=1S/C15H17ClF3NO3S/c1-7-4-14(5-8(2)20(7)13(22)15(17,18)19)12-9(3-11(16)24-12)10(21)6-23-14/h3,7-8,10,21H,4-6H2,1-2H3/t7-,8+,10-,14-/m1/s1. The van der Waals surface area contributed by atoms with E-state index in [1.807, 2.05) is 0 Å². The number of fused-ring (bicyclic) bond motifs is 2. The Kier molecular flexibility index (Phi) is 4.39. The minimum absolute atomic E-state index is 0.0622. The summed E-state index contributed by atoms with van der Waals surface area (Å²) in [5, 5.41) is 10.1. The highest BCUT2D eigenvalue weighted by atomic mass is 35.5. The molecule has 3 heterocycles. The molecule has 1 aromatic heterocycles. The molecule has 4 atom stereocenters. The number of carbonyl (C=O) groups excluding carboxylic acids is 1. The number of aliphatic hydroxyl groups excluding tert-OH is 1. The maximum absolute atomic E-state index is 12.8. The Morgan fingerprint density at radius 1 is 1.42 bits per heavy atom. The normalized spacial score (nSPS) is 33.6. The highest BCUT2D eigenvalue weighted by molar-refractivity contribution is 7.16. The van der Waals surface area contributed by atoms with Crippen LogP contribution in [0.25, 0.3) is 0 Å². The Labute approximate surface area is 146 Å². The van der Waals surface area contributed by atoms with Gasteiger partial charge in [0.2, 0.25) is 0 Å². The van der Waals surface area contributed by atoms with Gasteiger partial charge >= 0.3 is 12.1 Å². The Morgan fingerprint density at radius 3 is 2.54 bits per heavy atom. The monoisotopic (exact) mass is 383 g/mol. The third-order valence-corrected chi connectivity index (χ3v) is 6.16. The van der Waals surface area contributed by atoms with Crippen molar-refractivity contribution in [3.8, 4) is 0 Å². The highest BCUT2D eigenvalue weighted by Crippen LogP contribution is 2.51. The molecule has 1 amide bonds. The van der Waals surface area contributed by atoms with Crippen LogP contribution in [0.3, 0.4) is 0 Å². The summed E-state index contributed by atoms with van der Waals surface area (Å²) >= 11 is 7.34. The van der Waals surface area contributed by atoms with Gasteiger partial charge in [0.15, 0.2) is 0 Å². The van der Waals surface area contributed by atoms with E-state index in [2.05, 4.69) is 0 Å². The van der Waals surface area contributed by atoms with Crippen molar-refractivity contribution in [1.82, 2.24) is 4.90 Å². The molecule has 0 bridgehead atoms. The molecule has 9 heteroatoms. The van der Waals surface area contributed by atoms with Crippen LogP contribution in [0.1, 0.15) is 43.2 Å². The predicted molar refractivity (Wildman–Crippen MR) is 83.0 cm³/mol. The zero-order chi connectivity index (χ0) is 17.9. The van der Waals surface area contributed by atoms with Crippen molar-refractivity contribution in [2.75, 3.05) is 6.61 Å². The molecule has 1 spiro atoms. The van der Waals surface area contributed by atoms with Crippen molar-refractivity contribution in [2.24, 2.45) is 0 Å². The van der Waals surface area contributed by atoms with Crippen LogP contribution in [0, 0.1) is 0 Å². The van der Waals surface area contributed by atoms with E-state index in [-0.39, 0.29) is 19.4 Å². The molecule has 4 nitrogen and oxygen atoms in total. The van der Waals surface area contributed by atoms with Crippen molar-refractivity contribution in [1.29, 1.82) is 0 Å². The van der Waals surface area contributed by atoms with E-state index in [4.69, 9.17) is 16.3 Å². The summed E-state index contributed by atoms with van der Waals surface area (Å²) in [4.78, 5) is 13.4. The minimum atomic E-state index is -4.89. The molecule has 1 saturated heterocycles. The van der Waals surface area contributed by atoms with E-state index >= 15 is 0 Å². The fourth-order valence-corrected chi connectivity index (χ4v) is 5.34. The summed E-state index contributed by atoms with van der Waals surface area (Å²) < 4.78 is 44.9. The van der Waals surface area contributed by atoms with E-state index in [0.29, 0.717) is 9.90 Å². The number of thiophene rings is 1. The van der Waals surface area contributed by atoms with Gasteiger partial charge in [0.1, 0.15) is 11.7 Å². The average Bonchev–Trinajstić information content (AvgIpc) is 2.85. The van der Waals surface area contributed by atoms with E-state index < -0.39 is 35.9 Å². The molecular weight excluding hydrogens is 367 g/mol.